The summed E-state index contributed by atoms with van der Waals surface area (Å²) >= 11 is 0. The van der Waals surface area contributed by atoms with E-state index in [1.807, 2.05) is 6.92 Å². The predicted octanol–water partition coefficient (Wildman–Crippen LogP) is 1.67. The highest BCUT2D eigenvalue weighted by Crippen LogP contribution is 1.96. The van der Waals surface area contributed by atoms with E-state index in [1.165, 1.54) is 0 Å². The van der Waals surface area contributed by atoms with Crippen LogP contribution in [0.5, 0.6) is 0 Å². The summed E-state index contributed by atoms with van der Waals surface area (Å²) in [7, 11) is 0. The molecule has 0 bridgehead atoms. The molecule has 0 unspecified atom stereocenters. The lowest BCUT2D eigenvalue weighted by Crippen LogP contribution is -1.97. The monoisotopic (exact) mass is 197 g/mol. The normalized spacial score (nSPS) is 8.71. The third-order valence-electron chi connectivity index (χ3n) is 1.34. The number of nitrogens with two attached hydrogens (primary N) is 1. The van der Waals surface area contributed by atoms with E-state index in [1.54, 1.807) is 30.3 Å². The van der Waals surface area contributed by atoms with Gasteiger partial charge in [0.1, 0.15) is 0 Å². The average molecular weight is 197 g/mol. The van der Waals surface area contributed by atoms with Gasteiger partial charge in [-0.05, 0) is 18.6 Å². The van der Waals surface area contributed by atoms with E-state index >= 15 is 0 Å². The molecule has 14 heavy (non-hydrogen) atoms. The minimum atomic E-state index is -0.879. The highest BCUT2D eigenvalue weighted by atomic mass is 16.6. The zero-order valence-electron chi connectivity index (χ0n) is 8.14. The number of benzene rings is 1. The van der Waals surface area contributed by atoms with Crippen LogP contribution in [0.1, 0.15) is 23.7 Å². The zero-order valence-corrected chi connectivity index (χ0v) is 8.14. The van der Waals surface area contributed by atoms with Crippen LogP contribution in [0, 0.1) is 0 Å². The molecular formula is C10H15NO3. The third kappa shape index (κ3) is 6.16. The van der Waals surface area contributed by atoms with Gasteiger partial charge in [0.05, 0.1) is 12.2 Å². The summed E-state index contributed by atoms with van der Waals surface area (Å²) in [6.07, 6.45) is 0.997. The van der Waals surface area contributed by atoms with Gasteiger partial charge in [-0.25, -0.2) is 10.7 Å². The van der Waals surface area contributed by atoms with Crippen molar-refractivity contribution in [3.8, 4) is 0 Å². The molecule has 0 spiro atoms. The van der Waals surface area contributed by atoms with Crippen molar-refractivity contribution < 1.29 is 14.7 Å². The summed E-state index contributed by atoms with van der Waals surface area (Å²) in [5.41, 5.74) is 0.331. The standard InChI is InChI=1S/C7H6O2.C3H9NO/c8-7(9)6-4-2-1-3-5-6;1-2-3-5-4/h1-5H,(H,8,9);2-4H2,1H3. The second kappa shape index (κ2) is 8.22. The first-order valence-corrected chi connectivity index (χ1v) is 4.32. The predicted molar refractivity (Wildman–Crippen MR) is 53.8 cm³/mol. The summed E-state index contributed by atoms with van der Waals surface area (Å²) in [5, 5.41) is 8.38. The van der Waals surface area contributed by atoms with Crippen molar-refractivity contribution in [2.45, 2.75) is 13.3 Å². The van der Waals surface area contributed by atoms with Gasteiger partial charge >= 0.3 is 5.97 Å². The van der Waals surface area contributed by atoms with Crippen LogP contribution in [-0.2, 0) is 4.84 Å². The first-order chi connectivity index (χ1) is 6.72. The first kappa shape index (κ1) is 12.6. The van der Waals surface area contributed by atoms with Crippen LogP contribution in [0.4, 0.5) is 0 Å². The van der Waals surface area contributed by atoms with Crippen molar-refractivity contribution in [3.05, 3.63) is 35.9 Å². The van der Waals surface area contributed by atoms with E-state index in [2.05, 4.69) is 10.7 Å². The molecule has 4 nitrogen and oxygen atoms in total. The Hall–Kier alpha value is -1.39. The van der Waals surface area contributed by atoms with Crippen LogP contribution in [0.25, 0.3) is 0 Å². The van der Waals surface area contributed by atoms with Gasteiger partial charge in [-0.2, -0.15) is 0 Å². The van der Waals surface area contributed by atoms with Crippen LogP contribution >= 0.6 is 0 Å². The minimum absolute atomic E-state index is 0.331. The molecular weight excluding hydrogens is 182 g/mol. The number of carboxylic acids is 1. The largest absolute Gasteiger partial charge is 0.478 e. The molecule has 1 aromatic rings. The Balaban J connectivity index is 0.000000292. The molecule has 0 aliphatic heterocycles. The van der Waals surface area contributed by atoms with E-state index in [0.29, 0.717) is 12.2 Å². The number of carbonyl (C=O) groups is 1. The summed E-state index contributed by atoms with van der Waals surface area (Å²) < 4.78 is 0. The molecule has 0 saturated carbocycles. The second-order valence-electron chi connectivity index (χ2n) is 2.54. The van der Waals surface area contributed by atoms with Crippen LogP contribution in [0.2, 0.25) is 0 Å². The Morgan fingerprint density at radius 2 is 2.00 bits per heavy atom. The zero-order chi connectivity index (χ0) is 10.8. The first-order valence-electron chi connectivity index (χ1n) is 4.32. The van der Waals surface area contributed by atoms with Gasteiger partial charge in [-0.15, -0.1) is 0 Å². The lowest BCUT2D eigenvalue weighted by molar-refractivity contribution is 0.0697. The molecule has 0 fully saturated rings. The van der Waals surface area contributed by atoms with E-state index < -0.39 is 5.97 Å². The quantitative estimate of drug-likeness (QED) is 0.723. The molecule has 0 aromatic heterocycles. The van der Waals surface area contributed by atoms with E-state index in [4.69, 9.17) is 5.11 Å². The number of carboxylic acid groups (broad SMARTS) is 1. The number of rotatable bonds is 3. The topological polar surface area (TPSA) is 72.5 Å². The van der Waals surface area contributed by atoms with Crippen molar-refractivity contribution in [2.24, 2.45) is 5.90 Å². The molecule has 78 valence electrons. The van der Waals surface area contributed by atoms with E-state index in [0.717, 1.165) is 6.42 Å². The molecule has 0 amide bonds. The van der Waals surface area contributed by atoms with E-state index in [9.17, 15) is 4.79 Å². The Kier molecular flexibility index (Phi) is 7.40. The molecule has 0 aliphatic rings. The van der Waals surface area contributed by atoms with Crippen LogP contribution in [-0.4, -0.2) is 17.7 Å². The molecule has 0 aliphatic carbocycles. The second-order valence-corrected chi connectivity index (χ2v) is 2.54. The third-order valence-corrected chi connectivity index (χ3v) is 1.34. The van der Waals surface area contributed by atoms with Crippen LogP contribution in [0.3, 0.4) is 0 Å². The molecule has 0 atom stereocenters. The number of aromatic carboxylic acids is 1. The molecule has 0 heterocycles. The van der Waals surface area contributed by atoms with Gasteiger partial charge in [0.25, 0.3) is 0 Å². The minimum Gasteiger partial charge on any atom is -0.478 e. The summed E-state index contributed by atoms with van der Waals surface area (Å²) in [5.74, 6) is 3.76. The smallest absolute Gasteiger partial charge is 0.335 e. The van der Waals surface area contributed by atoms with Gasteiger partial charge in [0, 0.05) is 0 Å². The lowest BCUT2D eigenvalue weighted by Gasteiger charge is -1.88. The van der Waals surface area contributed by atoms with Crippen molar-refractivity contribution in [1.82, 2.24) is 0 Å². The molecule has 0 radical (unpaired) electrons. The van der Waals surface area contributed by atoms with Gasteiger partial charge in [-0.1, -0.05) is 25.1 Å². The highest BCUT2D eigenvalue weighted by Gasteiger charge is 1.96. The fourth-order valence-electron chi connectivity index (χ4n) is 0.699. The Labute approximate surface area is 83.3 Å². The highest BCUT2D eigenvalue weighted by molar-refractivity contribution is 5.87. The van der Waals surface area contributed by atoms with Crippen molar-refractivity contribution in [3.63, 3.8) is 0 Å². The van der Waals surface area contributed by atoms with Gasteiger partial charge < -0.3 is 9.94 Å². The molecule has 4 heteroatoms. The van der Waals surface area contributed by atoms with Crippen molar-refractivity contribution in [2.75, 3.05) is 6.61 Å². The Bertz CT molecular complexity index is 247. The number of hydrogen-bond donors (Lipinski definition) is 2. The molecule has 1 rings (SSSR count). The molecule has 0 saturated heterocycles. The van der Waals surface area contributed by atoms with Crippen LogP contribution < -0.4 is 5.90 Å². The van der Waals surface area contributed by atoms with Crippen molar-refractivity contribution >= 4 is 5.97 Å². The fraction of sp³-hybridized carbons (Fsp3) is 0.300. The molecule has 1 aromatic carbocycles. The maximum absolute atomic E-state index is 10.2. The van der Waals surface area contributed by atoms with E-state index in [-0.39, 0.29) is 0 Å². The SMILES string of the molecule is CCCON.O=C(O)c1ccccc1. The van der Waals surface area contributed by atoms with Gasteiger partial charge in [0.2, 0.25) is 0 Å². The summed E-state index contributed by atoms with van der Waals surface area (Å²) in [6, 6.07) is 8.30. The average Bonchev–Trinajstić information content (AvgIpc) is 2.21. The Morgan fingerprint density at radius 1 is 1.43 bits per heavy atom. The Morgan fingerprint density at radius 3 is 2.21 bits per heavy atom. The molecule has 3 N–H and O–H groups in total. The number of hydrogen-bond acceptors (Lipinski definition) is 3. The maximum atomic E-state index is 10.2. The maximum Gasteiger partial charge on any atom is 0.335 e. The summed E-state index contributed by atoms with van der Waals surface area (Å²) in [6.45, 7) is 2.67. The lowest BCUT2D eigenvalue weighted by atomic mass is 10.2. The van der Waals surface area contributed by atoms with Crippen LogP contribution in [0.15, 0.2) is 30.3 Å². The van der Waals surface area contributed by atoms with Crippen molar-refractivity contribution in [1.29, 1.82) is 0 Å². The fourth-order valence-corrected chi connectivity index (χ4v) is 0.699. The van der Waals surface area contributed by atoms with Gasteiger partial charge in [0.15, 0.2) is 0 Å². The van der Waals surface area contributed by atoms with Gasteiger partial charge in [-0.3, -0.25) is 0 Å². The summed E-state index contributed by atoms with van der Waals surface area (Å²) in [4.78, 5) is 14.4.